The second kappa shape index (κ2) is 11.5. The Morgan fingerprint density at radius 1 is 0.974 bits per heavy atom. The van der Waals surface area contributed by atoms with Crippen LogP contribution in [0, 0.1) is 0 Å². The van der Waals surface area contributed by atoms with E-state index in [4.69, 9.17) is 4.74 Å². The zero-order chi connectivity index (χ0) is 26.4. The summed E-state index contributed by atoms with van der Waals surface area (Å²) in [4.78, 5) is 14.0. The number of hydrogen-bond acceptors (Lipinski definition) is 6. The number of carbonyl (C=O) groups is 1. The monoisotopic (exact) mass is 508 g/mol. The van der Waals surface area contributed by atoms with E-state index in [0.29, 0.717) is 31.7 Å². The first-order valence-corrected chi connectivity index (χ1v) is 12.9. The van der Waals surface area contributed by atoms with E-state index < -0.39 is 11.6 Å². The Bertz CT molecular complexity index is 1270. The average Bonchev–Trinajstić information content (AvgIpc) is 3.43. The molecule has 4 aromatic rings. The number of carbonyl (C=O) groups excluding carboxylic acids is 1. The van der Waals surface area contributed by atoms with Crippen molar-refractivity contribution in [1.29, 1.82) is 0 Å². The van der Waals surface area contributed by atoms with Crippen molar-refractivity contribution in [1.82, 2.24) is 19.9 Å². The molecule has 5 rings (SSSR count). The van der Waals surface area contributed by atoms with Gasteiger partial charge in [0.2, 0.25) is 0 Å². The highest BCUT2D eigenvalue weighted by atomic mass is 16.5. The molecule has 2 heterocycles. The van der Waals surface area contributed by atoms with Crippen LogP contribution in [0.15, 0.2) is 103 Å². The first kappa shape index (κ1) is 25.6. The smallest absolute Gasteiger partial charge is 0.307 e. The van der Waals surface area contributed by atoms with Gasteiger partial charge < -0.3 is 9.84 Å². The van der Waals surface area contributed by atoms with Gasteiger partial charge in [0, 0.05) is 13.1 Å². The molecule has 1 aliphatic heterocycles. The van der Waals surface area contributed by atoms with Gasteiger partial charge in [-0.1, -0.05) is 96.2 Å². The minimum atomic E-state index is -0.577. The van der Waals surface area contributed by atoms with Crippen LogP contribution in [0.1, 0.15) is 35.2 Å². The maximum atomic E-state index is 11.5. The molecule has 1 saturated heterocycles. The summed E-state index contributed by atoms with van der Waals surface area (Å²) >= 11 is 0. The third kappa shape index (κ3) is 5.16. The zero-order valence-electron chi connectivity index (χ0n) is 21.5. The normalized spacial score (nSPS) is 17.4. The number of ether oxygens (including phenoxy) is 1. The lowest BCUT2D eigenvalue weighted by molar-refractivity contribution is -0.140. The molecule has 1 unspecified atom stereocenters. The maximum Gasteiger partial charge on any atom is 0.307 e. The Kier molecular flexibility index (Phi) is 7.77. The fraction of sp³-hybridized carbons (Fsp3) is 0.258. The molecule has 38 heavy (non-hydrogen) atoms. The molecule has 194 valence electrons. The Labute approximate surface area is 223 Å². The quantitative estimate of drug-likeness (QED) is 0.283. The molecule has 3 aromatic carbocycles. The third-order valence-corrected chi connectivity index (χ3v) is 7.19. The molecule has 0 amide bonds. The molecule has 1 N–H and O–H groups in total. The molecular formula is C31H32N4O3. The number of esters is 1. The minimum Gasteiger partial charge on any atom is -0.469 e. The number of aliphatic hydroxyl groups is 1. The Morgan fingerprint density at radius 2 is 1.53 bits per heavy atom. The lowest BCUT2D eigenvalue weighted by Crippen LogP contribution is -2.52. The highest BCUT2D eigenvalue weighted by Gasteiger charge is 2.44. The van der Waals surface area contributed by atoms with E-state index in [0.717, 1.165) is 5.57 Å². The highest BCUT2D eigenvalue weighted by Crippen LogP contribution is 2.44. The molecule has 0 spiro atoms. The van der Waals surface area contributed by atoms with Crippen LogP contribution >= 0.6 is 0 Å². The van der Waals surface area contributed by atoms with Crippen molar-refractivity contribution in [2.75, 3.05) is 20.2 Å². The van der Waals surface area contributed by atoms with Gasteiger partial charge in [-0.05, 0) is 34.8 Å². The predicted molar refractivity (Wildman–Crippen MR) is 146 cm³/mol. The van der Waals surface area contributed by atoms with Crippen molar-refractivity contribution in [3.63, 3.8) is 0 Å². The van der Waals surface area contributed by atoms with Gasteiger partial charge in [0.25, 0.3) is 0 Å². The molecular weight excluding hydrogens is 476 g/mol. The summed E-state index contributed by atoms with van der Waals surface area (Å²) in [5.41, 5.74) is 4.48. The molecule has 1 fully saturated rings. The molecule has 1 aromatic heterocycles. The van der Waals surface area contributed by atoms with E-state index in [1.165, 1.54) is 23.8 Å². The van der Waals surface area contributed by atoms with Crippen LogP contribution in [0.4, 0.5) is 0 Å². The second-order valence-electron chi connectivity index (χ2n) is 9.49. The van der Waals surface area contributed by atoms with E-state index in [1.807, 2.05) is 24.3 Å². The fourth-order valence-corrected chi connectivity index (χ4v) is 5.37. The average molecular weight is 509 g/mol. The van der Waals surface area contributed by atoms with Gasteiger partial charge in [-0.15, -0.1) is 5.10 Å². The van der Waals surface area contributed by atoms with Crippen molar-refractivity contribution < 1.29 is 14.6 Å². The van der Waals surface area contributed by atoms with E-state index in [9.17, 15) is 9.90 Å². The van der Waals surface area contributed by atoms with Gasteiger partial charge in [-0.2, -0.15) is 0 Å². The number of aliphatic hydroxyl groups excluding tert-OH is 1. The van der Waals surface area contributed by atoms with Crippen LogP contribution in [0.2, 0.25) is 0 Å². The summed E-state index contributed by atoms with van der Waals surface area (Å²) < 4.78 is 6.34. The molecule has 1 atom stereocenters. The first-order valence-electron chi connectivity index (χ1n) is 12.9. The van der Waals surface area contributed by atoms with Crippen molar-refractivity contribution in [2.45, 2.75) is 31.0 Å². The molecule has 0 bridgehead atoms. The predicted octanol–water partition coefficient (Wildman–Crippen LogP) is 4.28. The summed E-state index contributed by atoms with van der Waals surface area (Å²) in [5, 5.41) is 19.4. The first-order chi connectivity index (χ1) is 18.6. The van der Waals surface area contributed by atoms with Crippen LogP contribution in [0.3, 0.4) is 0 Å². The summed E-state index contributed by atoms with van der Waals surface area (Å²) in [6.45, 7) is 1.65. The number of aromatic nitrogens is 3. The number of aryl methyl sites for hydroxylation is 1. The highest BCUT2D eigenvalue weighted by molar-refractivity contribution is 5.69. The van der Waals surface area contributed by atoms with Crippen molar-refractivity contribution >= 4 is 12.0 Å². The van der Waals surface area contributed by atoms with Gasteiger partial charge >= 0.3 is 5.97 Å². The number of hydrogen-bond donors (Lipinski definition) is 1. The number of rotatable bonds is 8. The second-order valence-corrected chi connectivity index (χ2v) is 9.49. The molecule has 7 nitrogen and oxygen atoms in total. The Balaban J connectivity index is 1.56. The van der Waals surface area contributed by atoms with E-state index in [2.05, 4.69) is 88.0 Å². The van der Waals surface area contributed by atoms with Crippen LogP contribution in [0.25, 0.3) is 6.08 Å². The lowest BCUT2D eigenvalue weighted by atomic mass is 9.74. The number of nitrogens with zero attached hydrogens (tertiary/aromatic N) is 4. The molecule has 0 saturated carbocycles. The van der Waals surface area contributed by atoms with Crippen LogP contribution in [-0.2, 0) is 21.6 Å². The number of piperidine rings is 1. The SMILES string of the molecule is COC(=O)CCn1cc(C=C2CN(C(c3ccccc3)(c3ccccc3)c3ccccc3)CCC2O)nn1. The number of benzene rings is 3. The van der Waals surface area contributed by atoms with Crippen LogP contribution in [-0.4, -0.2) is 57.3 Å². The summed E-state index contributed by atoms with van der Waals surface area (Å²) in [5.74, 6) is -0.294. The van der Waals surface area contributed by atoms with Gasteiger partial charge in [0.1, 0.15) is 5.69 Å². The summed E-state index contributed by atoms with van der Waals surface area (Å²) in [6, 6.07) is 31.7. The largest absolute Gasteiger partial charge is 0.469 e. The van der Waals surface area contributed by atoms with Crippen LogP contribution < -0.4 is 0 Å². The number of methoxy groups -OCH3 is 1. The van der Waals surface area contributed by atoms with Gasteiger partial charge in [0.15, 0.2) is 0 Å². The van der Waals surface area contributed by atoms with Gasteiger partial charge in [-0.25, -0.2) is 0 Å². The summed E-state index contributed by atoms with van der Waals surface area (Å²) in [6.07, 6.45) is 3.95. The Morgan fingerprint density at radius 3 is 2.05 bits per heavy atom. The minimum absolute atomic E-state index is 0.222. The fourth-order valence-electron chi connectivity index (χ4n) is 5.37. The van der Waals surface area contributed by atoms with Gasteiger partial charge in [-0.3, -0.25) is 14.4 Å². The van der Waals surface area contributed by atoms with E-state index >= 15 is 0 Å². The maximum absolute atomic E-state index is 11.5. The van der Waals surface area contributed by atoms with Gasteiger partial charge in [0.05, 0.1) is 37.9 Å². The standard InChI is InChI=1S/C31H32N4O3/c1-38-30(37)18-20-35-23-28(32-33-35)21-24-22-34(19-17-29(24)36)31(25-11-5-2-6-12-25,26-13-7-3-8-14-26)27-15-9-4-10-16-27/h2-16,21,23,29,36H,17-20,22H2,1H3. The number of likely N-dealkylation sites (tertiary alicyclic amines) is 1. The van der Waals surface area contributed by atoms with Crippen molar-refractivity contribution in [2.24, 2.45) is 0 Å². The Hall–Kier alpha value is -4.07. The molecule has 0 aliphatic carbocycles. The molecule has 0 radical (unpaired) electrons. The summed E-state index contributed by atoms with van der Waals surface area (Å²) in [7, 11) is 1.37. The van der Waals surface area contributed by atoms with Crippen LogP contribution in [0.5, 0.6) is 0 Å². The lowest BCUT2D eigenvalue weighted by Gasteiger charge is -2.48. The molecule has 1 aliphatic rings. The molecule has 7 heteroatoms. The zero-order valence-corrected chi connectivity index (χ0v) is 21.5. The van der Waals surface area contributed by atoms with E-state index in [-0.39, 0.29) is 12.4 Å². The van der Waals surface area contributed by atoms with Crippen molar-refractivity contribution in [3.05, 3.63) is 125 Å². The van der Waals surface area contributed by atoms with Crippen molar-refractivity contribution in [3.8, 4) is 0 Å². The third-order valence-electron chi connectivity index (χ3n) is 7.19. The van der Waals surface area contributed by atoms with E-state index in [1.54, 1.807) is 10.9 Å². The topological polar surface area (TPSA) is 80.5 Å².